The number of ether oxygens (including phenoxy) is 2. The van der Waals surface area contributed by atoms with E-state index in [4.69, 9.17) is 9.47 Å². The standard InChI is InChI=1S/C12H21NO5.ClH/c1-11(2,3)18-10(16)13-6-5-12(7-13,8-17-4)9(14)15;/h5-8H2,1-4H3,(H,14,15);1H. The third-order valence-corrected chi connectivity index (χ3v) is 2.88. The van der Waals surface area contributed by atoms with E-state index in [2.05, 4.69) is 0 Å². The monoisotopic (exact) mass is 295 g/mol. The van der Waals surface area contributed by atoms with E-state index < -0.39 is 23.1 Å². The van der Waals surface area contributed by atoms with Gasteiger partial charge in [-0.3, -0.25) is 4.79 Å². The first-order valence-corrected chi connectivity index (χ1v) is 5.90. The number of hydrogen-bond donors (Lipinski definition) is 1. The predicted molar refractivity (Wildman–Crippen MR) is 71.6 cm³/mol. The SMILES string of the molecule is COCC1(C(=O)O)CCN(C(=O)OC(C)(C)C)C1.Cl. The zero-order valence-corrected chi connectivity index (χ0v) is 12.6. The van der Waals surface area contributed by atoms with Gasteiger partial charge in [0.15, 0.2) is 0 Å². The van der Waals surface area contributed by atoms with E-state index in [1.54, 1.807) is 20.8 Å². The van der Waals surface area contributed by atoms with Crippen LogP contribution in [0.4, 0.5) is 4.79 Å². The second kappa shape index (κ2) is 6.43. The van der Waals surface area contributed by atoms with Crippen molar-refractivity contribution in [1.29, 1.82) is 0 Å². The summed E-state index contributed by atoms with van der Waals surface area (Å²) in [5.41, 5.74) is -1.58. The zero-order valence-electron chi connectivity index (χ0n) is 11.8. The number of carbonyl (C=O) groups is 2. The highest BCUT2D eigenvalue weighted by atomic mass is 35.5. The summed E-state index contributed by atoms with van der Waals surface area (Å²) in [4.78, 5) is 24.6. The number of likely N-dealkylation sites (tertiary alicyclic amines) is 1. The van der Waals surface area contributed by atoms with Crippen LogP contribution in [0.5, 0.6) is 0 Å². The molecule has 1 N–H and O–H groups in total. The maximum atomic E-state index is 11.8. The minimum absolute atomic E-state index is 0. The number of hydrogen-bond acceptors (Lipinski definition) is 4. The Labute approximate surface area is 119 Å². The van der Waals surface area contributed by atoms with Crippen molar-refractivity contribution in [3.8, 4) is 0 Å². The minimum Gasteiger partial charge on any atom is -0.481 e. The molecule has 1 aliphatic rings. The predicted octanol–water partition coefficient (Wildman–Crippen LogP) is 1.77. The molecule has 1 amide bonds. The van der Waals surface area contributed by atoms with E-state index in [1.807, 2.05) is 0 Å². The summed E-state index contributed by atoms with van der Waals surface area (Å²) >= 11 is 0. The van der Waals surface area contributed by atoms with Crippen LogP contribution in [0.25, 0.3) is 0 Å². The Morgan fingerprint density at radius 1 is 1.37 bits per heavy atom. The van der Waals surface area contributed by atoms with Crippen molar-refractivity contribution in [3.05, 3.63) is 0 Å². The van der Waals surface area contributed by atoms with Crippen molar-refractivity contribution >= 4 is 24.5 Å². The van der Waals surface area contributed by atoms with Gasteiger partial charge >= 0.3 is 12.1 Å². The lowest BCUT2D eigenvalue weighted by Gasteiger charge is -2.26. The van der Waals surface area contributed by atoms with Gasteiger partial charge in [0.25, 0.3) is 0 Å². The Bertz CT molecular complexity index is 342. The Morgan fingerprint density at radius 3 is 2.37 bits per heavy atom. The van der Waals surface area contributed by atoms with Crippen LogP contribution in [-0.4, -0.2) is 54.5 Å². The van der Waals surface area contributed by atoms with E-state index in [0.29, 0.717) is 13.0 Å². The van der Waals surface area contributed by atoms with Crippen molar-refractivity contribution in [2.45, 2.75) is 32.8 Å². The third-order valence-electron chi connectivity index (χ3n) is 2.88. The minimum atomic E-state index is -1.01. The number of halogens is 1. The Morgan fingerprint density at radius 2 is 1.95 bits per heavy atom. The van der Waals surface area contributed by atoms with Crippen LogP contribution in [0.1, 0.15) is 27.2 Å². The van der Waals surface area contributed by atoms with Crippen molar-refractivity contribution < 1.29 is 24.2 Å². The fraction of sp³-hybridized carbons (Fsp3) is 0.833. The van der Waals surface area contributed by atoms with E-state index in [0.717, 1.165) is 0 Å². The number of carboxylic acid groups (broad SMARTS) is 1. The van der Waals surface area contributed by atoms with Gasteiger partial charge in [-0.05, 0) is 27.2 Å². The summed E-state index contributed by atoms with van der Waals surface area (Å²) in [6, 6.07) is 0. The summed E-state index contributed by atoms with van der Waals surface area (Å²) in [6.45, 7) is 5.94. The molecule has 0 saturated carbocycles. The van der Waals surface area contributed by atoms with Gasteiger partial charge in [-0.2, -0.15) is 0 Å². The maximum absolute atomic E-state index is 11.8. The van der Waals surface area contributed by atoms with Crippen molar-refractivity contribution in [2.24, 2.45) is 5.41 Å². The quantitative estimate of drug-likeness (QED) is 0.858. The molecule has 0 aromatic rings. The molecule has 1 aliphatic heterocycles. The van der Waals surface area contributed by atoms with Gasteiger partial charge in [0.1, 0.15) is 11.0 Å². The molecule has 0 radical (unpaired) electrons. The molecule has 19 heavy (non-hydrogen) atoms. The number of aliphatic carboxylic acids is 1. The lowest BCUT2D eigenvalue weighted by atomic mass is 9.88. The second-order valence-electron chi connectivity index (χ2n) is 5.67. The Balaban J connectivity index is 0.00000324. The molecule has 1 unspecified atom stereocenters. The highest BCUT2D eigenvalue weighted by Crippen LogP contribution is 2.32. The first kappa shape index (κ1) is 18.0. The van der Waals surface area contributed by atoms with Crippen molar-refractivity contribution in [3.63, 3.8) is 0 Å². The highest BCUT2D eigenvalue weighted by Gasteiger charge is 2.47. The molecular formula is C12H22ClNO5. The maximum Gasteiger partial charge on any atom is 0.410 e. The molecule has 0 spiro atoms. The molecule has 6 nitrogen and oxygen atoms in total. The van der Waals surface area contributed by atoms with Gasteiger partial charge in [-0.15, -0.1) is 12.4 Å². The molecule has 1 heterocycles. The first-order valence-electron chi connectivity index (χ1n) is 5.90. The average molecular weight is 296 g/mol. The van der Waals surface area contributed by atoms with E-state index >= 15 is 0 Å². The molecule has 1 rings (SSSR count). The number of nitrogens with zero attached hydrogens (tertiary/aromatic N) is 1. The Kier molecular flexibility index (Phi) is 6.09. The van der Waals surface area contributed by atoms with Gasteiger partial charge in [0, 0.05) is 20.2 Å². The number of rotatable bonds is 3. The molecular weight excluding hydrogens is 274 g/mol. The van der Waals surface area contributed by atoms with Gasteiger partial charge in [0.05, 0.1) is 6.61 Å². The van der Waals surface area contributed by atoms with Crippen LogP contribution in [0.15, 0.2) is 0 Å². The van der Waals surface area contributed by atoms with Crippen LogP contribution in [0.2, 0.25) is 0 Å². The van der Waals surface area contributed by atoms with Gasteiger partial charge < -0.3 is 19.5 Å². The van der Waals surface area contributed by atoms with Crippen molar-refractivity contribution in [2.75, 3.05) is 26.8 Å². The fourth-order valence-electron chi connectivity index (χ4n) is 1.99. The van der Waals surface area contributed by atoms with Crippen molar-refractivity contribution in [1.82, 2.24) is 4.90 Å². The molecule has 112 valence electrons. The summed E-state index contributed by atoms with van der Waals surface area (Å²) in [7, 11) is 1.46. The third kappa shape index (κ3) is 4.54. The van der Waals surface area contributed by atoms with Gasteiger partial charge in [-0.1, -0.05) is 0 Å². The van der Waals surface area contributed by atoms with E-state index in [-0.39, 0.29) is 25.6 Å². The number of amides is 1. The van der Waals surface area contributed by atoms with E-state index in [9.17, 15) is 14.7 Å². The van der Waals surface area contributed by atoms with Gasteiger partial charge in [0.2, 0.25) is 0 Å². The summed E-state index contributed by atoms with van der Waals surface area (Å²) < 4.78 is 10.2. The molecule has 1 fully saturated rings. The largest absolute Gasteiger partial charge is 0.481 e. The summed E-state index contributed by atoms with van der Waals surface area (Å²) in [5.74, 6) is -0.935. The normalized spacial score (nSPS) is 22.8. The molecule has 1 saturated heterocycles. The van der Waals surface area contributed by atoms with Crippen LogP contribution < -0.4 is 0 Å². The average Bonchev–Trinajstić information content (AvgIpc) is 2.61. The van der Waals surface area contributed by atoms with Gasteiger partial charge in [-0.25, -0.2) is 4.79 Å². The number of carboxylic acids is 1. The molecule has 0 aliphatic carbocycles. The summed E-state index contributed by atoms with van der Waals surface area (Å²) in [6.07, 6.45) is -0.0863. The van der Waals surface area contributed by atoms with Crippen LogP contribution in [0, 0.1) is 5.41 Å². The fourth-order valence-corrected chi connectivity index (χ4v) is 1.99. The lowest BCUT2D eigenvalue weighted by Crippen LogP contribution is -2.41. The topological polar surface area (TPSA) is 76.1 Å². The van der Waals surface area contributed by atoms with Crippen LogP contribution >= 0.6 is 12.4 Å². The smallest absolute Gasteiger partial charge is 0.410 e. The number of carbonyl (C=O) groups excluding carboxylic acids is 1. The zero-order chi connectivity index (χ0) is 14.0. The molecule has 0 aromatic carbocycles. The molecule has 7 heteroatoms. The lowest BCUT2D eigenvalue weighted by molar-refractivity contribution is -0.151. The number of methoxy groups -OCH3 is 1. The molecule has 0 aromatic heterocycles. The van der Waals surface area contributed by atoms with Crippen LogP contribution in [-0.2, 0) is 14.3 Å². The van der Waals surface area contributed by atoms with Crippen LogP contribution in [0.3, 0.4) is 0 Å². The van der Waals surface area contributed by atoms with E-state index in [1.165, 1.54) is 12.0 Å². The summed E-state index contributed by atoms with van der Waals surface area (Å²) in [5, 5.41) is 9.27. The highest BCUT2D eigenvalue weighted by molar-refractivity contribution is 5.85. The second-order valence-corrected chi connectivity index (χ2v) is 5.67. The first-order chi connectivity index (χ1) is 8.20. The molecule has 0 bridgehead atoms. The molecule has 1 atom stereocenters. The Hall–Kier alpha value is -1.01.